The van der Waals surface area contributed by atoms with Gasteiger partial charge in [-0.05, 0) is 29.8 Å². The van der Waals surface area contributed by atoms with Crippen LogP contribution in [-0.2, 0) is 6.54 Å². The lowest BCUT2D eigenvalue weighted by Gasteiger charge is -2.10. The molecule has 3 rings (SSSR count). The molecule has 2 heterocycles. The Morgan fingerprint density at radius 3 is 3.00 bits per heavy atom. The molecule has 4 heteroatoms. The zero-order valence-corrected chi connectivity index (χ0v) is 10.7. The Labute approximate surface area is 111 Å². The zero-order chi connectivity index (χ0) is 13.1. The van der Waals surface area contributed by atoms with Gasteiger partial charge in [0.1, 0.15) is 11.4 Å². The molecule has 0 radical (unpaired) electrons. The van der Waals surface area contributed by atoms with Crippen LogP contribution in [0.4, 0.5) is 5.69 Å². The molecule has 96 valence electrons. The highest BCUT2D eigenvalue weighted by Crippen LogP contribution is 2.24. The lowest BCUT2D eigenvalue weighted by Crippen LogP contribution is -2.00. The number of aromatic nitrogens is 2. The number of ether oxygens (including phenoxy) is 1. The number of para-hydroxylation sites is 2. The van der Waals surface area contributed by atoms with Crippen LogP contribution in [0.25, 0.3) is 11.0 Å². The van der Waals surface area contributed by atoms with Crippen molar-refractivity contribution in [2.45, 2.75) is 6.54 Å². The van der Waals surface area contributed by atoms with Crippen LogP contribution in [0.3, 0.4) is 0 Å². The number of pyridine rings is 1. The number of anilines is 1. The molecule has 19 heavy (non-hydrogen) atoms. The van der Waals surface area contributed by atoms with Crippen molar-refractivity contribution < 1.29 is 4.74 Å². The van der Waals surface area contributed by atoms with Crippen molar-refractivity contribution in [2.24, 2.45) is 0 Å². The molecule has 0 saturated carbocycles. The van der Waals surface area contributed by atoms with E-state index in [1.165, 1.54) is 5.56 Å². The second-order valence-electron chi connectivity index (χ2n) is 4.27. The highest BCUT2D eigenvalue weighted by atomic mass is 16.5. The molecule has 1 aromatic carbocycles. The monoisotopic (exact) mass is 253 g/mol. The number of hydrogen-bond acceptors (Lipinski definition) is 3. The Kier molecular flexibility index (Phi) is 3.06. The first kappa shape index (κ1) is 11.6. The Morgan fingerprint density at radius 1 is 1.21 bits per heavy atom. The largest absolute Gasteiger partial charge is 0.495 e. The first-order chi connectivity index (χ1) is 9.38. The molecule has 0 saturated heterocycles. The van der Waals surface area contributed by atoms with Gasteiger partial charge in [-0.3, -0.25) is 0 Å². The molecule has 0 atom stereocenters. The number of aromatic amines is 1. The van der Waals surface area contributed by atoms with E-state index in [1.807, 2.05) is 36.5 Å². The third kappa shape index (κ3) is 2.25. The minimum atomic E-state index is 0.728. The SMILES string of the molecule is COc1ccccc1NCc1c[nH]c2ncccc12. The maximum atomic E-state index is 5.32. The second kappa shape index (κ2) is 5.02. The van der Waals surface area contributed by atoms with Gasteiger partial charge in [-0.1, -0.05) is 12.1 Å². The number of methoxy groups -OCH3 is 1. The maximum absolute atomic E-state index is 5.32. The van der Waals surface area contributed by atoms with Crippen molar-refractivity contribution in [3.8, 4) is 5.75 Å². The lowest BCUT2D eigenvalue weighted by molar-refractivity contribution is 0.416. The predicted octanol–water partition coefficient (Wildman–Crippen LogP) is 3.18. The number of fused-ring (bicyclic) bond motifs is 1. The molecule has 0 aliphatic heterocycles. The van der Waals surface area contributed by atoms with Crippen LogP contribution in [0.5, 0.6) is 5.75 Å². The van der Waals surface area contributed by atoms with Gasteiger partial charge in [0.05, 0.1) is 12.8 Å². The Balaban J connectivity index is 1.82. The lowest BCUT2D eigenvalue weighted by atomic mass is 10.2. The third-order valence-corrected chi connectivity index (χ3v) is 3.11. The van der Waals surface area contributed by atoms with Gasteiger partial charge in [0, 0.05) is 24.3 Å². The fraction of sp³-hybridized carbons (Fsp3) is 0.133. The third-order valence-electron chi connectivity index (χ3n) is 3.11. The van der Waals surface area contributed by atoms with Crippen molar-refractivity contribution in [3.05, 3.63) is 54.4 Å². The summed E-state index contributed by atoms with van der Waals surface area (Å²) < 4.78 is 5.32. The summed E-state index contributed by atoms with van der Waals surface area (Å²) in [5, 5.41) is 4.53. The van der Waals surface area contributed by atoms with Gasteiger partial charge in [-0.2, -0.15) is 0 Å². The molecule has 0 unspecified atom stereocenters. The van der Waals surface area contributed by atoms with Crippen molar-refractivity contribution in [3.63, 3.8) is 0 Å². The maximum Gasteiger partial charge on any atom is 0.141 e. The Bertz CT molecular complexity index is 690. The fourth-order valence-corrected chi connectivity index (χ4v) is 2.14. The molecule has 0 bridgehead atoms. The van der Waals surface area contributed by atoms with Gasteiger partial charge in [-0.15, -0.1) is 0 Å². The fourth-order valence-electron chi connectivity index (χ4n) is 2.14. The average molecular weight is 253 g/mol. The number of rotatable bonds is 4. The van der Waals surface area contributed by atoms with E-state index in [1.54, 1.807) is 13.3 Å². The molecule has 0 fully saturated rings. The standard InChI is InChI=1S/C15H15N3O/c1-19-14-7-3-2-6-13(14)17-9-11-10-18-15-12(11)5-4-8-16-15/h2-8,10,17H,9H2,1H3,(H,16,18). The summed E-state index contributed by atoms with van der Waals surface area (Å²) >= 11 is 0. The predicted molar refractivity (Wildman–Crippen MR) is 76.4 cm³/mol. The summed E-state index contributed by atoms with van der Waals surface area (Å²) in [6, 6.07) is 11.9. The molecule has 0 aliphatic carbocycles. The first-order valence-electron chi connectivity index (χ1n) is 6.16. The number of nitrogens with one attached hydrogen (secondary N) is 2. The van der Waals surface area contributed by atoms with Gasteiger partial charge in [0.2, 0.25) is 0 Å². The molecular formula is C15H15N3O. The van der Waals surface area contributed by atoms with Crippen molar-refractivity contribution in [2.75, 3.05) is 12.4 Å². The highest BCUT2D eigenvalue weighted by molar-refractivity contribution is 5.79. The summed E-state index contributed by atoms with van der Waals surface area (Å²) in [5.74, 6) is 0.848. The Hall–Kier alpha value is -2.49. The molecular weight excluding hydrogens is 238 g/mol. The van der Waals surface area contributed by atoms with Gasteiger partial charge < -0.3 is 15.0 Å². The van der Waals surface area contributed by atoms with Gasteiger partial charge >= 0.3 is 0 Å². The molecule has 0 amide bonds. The number of hydrogen-bond donors (Lipinski definition) is 2. The first-order valence-corrected chi connectivity index (χ1v) is 6.16. The van der Waals surface area contributed by atoms with Gasteiger partial charge in [-0.25, -0.2) is 4.98 Å². The minimum Gasteiger partial charge on any atom is -0.495 e. The van der Waals surface area contributed by atoms with Crippen LogP contribution in [0, 0.1) is 0 Å². The van der Waals surface area contributed by atoms with Gasteiger partial charge in [0.25, 0.3) is 0 Å². The molecule has 2 aromatic heterocycles. The van der Waals surface area contributed by atoms with E-state index >= 15 is 0 Å². The molecule has 2 N–H and O–H groups in total. The second-order valence-corrected chi connectivity index (χ2v) is 4.27. The van der Waals surface area contributed by atoms with Crippen LogP contribution in [0.2, 0.25) is 0 Å². The summed E-state index contributed by atoms with van der Waals surface area (Å²) in [6.07, 6.45) is 3.77. The minimum absolute atomic E-state index is 0.728. The Morgan fingerprint density at radius 2 is 2.11 bits per heavy atom. The normalized spacial score (nSPS) is 10.6. The summed E-state index contributed by atoms with van der Waals surface area (Å²) in [7, 11) is 1.68. The summed E-state index contributed by atoms with van der Waals surface area (Å²) in [4.78, 5) is 7.45. The van der Waals surface area contributed by atoms with Crippen LogP contribution in [-0.4, -0.2) is 17.1 Å². The topological polar surface area (TPSA) is 49.9 Å². The van der Waals surface area contributed by atoms with Crippen LogP contribution in [0.15, 0.2) is 48.8 Å². The van der Waals surface area contributed by atoms with E-state index in [9.17, 15) is 0 Å². The van der Waals surface area contributed by atoms with Crippen LogP contribution in [0.1, 0.15) is 5.56 Å². The number of H-pyrrole nitrogens is 1. The van der Waals surface area contributed by atoms with Gasteiger partial charge in [0.15, 0.2) is 0 Å². The number of benzene rings is 1. The van der Waals surface area contributed by atoms with E-state index in [2.05, 4.69) is 21.4 Å². The van der Waals surface area contributed by atoms with Crippen molar-refractivity contribution >= 4 is 16.7 Å². The zero-order valence-electron chi connectivity index (χ0n) is 10.7. The van der Waals surface area contributed by atoms with E-state index in [0.29, 0.717) is 0 Å². The molecule has 0 aliphatic rings. The van der Waals surface area contributed by atoms with Crippen molar-refractivity contribution in [1.82, 2.24) is 9.97 Å². The van der Waals surface area contributed by atoms with E-state index in [0.717, 1.165) is 29.0 Å². The summed E-state index contributed by atoms with van der Waals surface area (Å²) in [6.45, 7) is 0.728. The molecule has 0 spiro atoms. The highest BCUT2D eigenvalue weighted by Gasteiger charge is 2.05. The van der Waals surface area contributed by atoms with E-state index in [-0.39, 0.29) is 0 Å². The number of nitrogens with zero attached hydrogens (tertiary/aromatic N) is 1. The summed E-state index contributed by atoms with van der Waals surface area (Å²) in [5.41, 5.74) is 3.09. The van der Waals surface area contributed by atoms with E-state index in [4.69, 9.17) is 4.74 Å². The van der Waals surface area contributed by atoms with Crippen LogP contribution >= 0.6 is 0 Å². The smallest absolute Gasteiger partial charge is 0.141 e. The quantitative estimate of drug-likeness (QED) is 0.750. The molecule has 4 nitrogen and oxygen atoms in total. The molecule has 3 aromatic rings. The average Bonchev–Trinajstić information content (AvgIpc) is 2.89. The van der Waals surface area contributed by atoms with Crippen LogP contribution < -0.4 is 10.1 Å². The van der Waals surface area contributed by atoms with Crippen molar-refractivity contribution in [1.29, 1.82) is 0 Å². The van der Waals surface area contributed by atoms with E-state index < -0.39 is 0 Å².